The lowest BCUT2D eigenvalue weighted by Crippen LogP contribution is -2.29. The first-order valence-corrected chi connectivity index (χ1v) is 12.3. The summed E-state index contributed by atoms with van der Waals surface area (Å²) >= 11 is 0. The van der Waals surface area contributed by atoms with Crippen LogP contribution in [0.5, 0.6) is 11.5 Å². The zero-order valence-corrected chi connectivity index (χ0v) is 20.5. The maximum Gasteiger partial charge on any atom is 0.134 e. The van der Waals surface area contributed by atoms with Crippen molar-refractivity contribution in [1.82, 2.24) is 10.6 Å². The molecule has 2 aromatic heterocycles. The fourth-order valence-electron chi connectivity index (χ4n) is 4.05. The fraction of sp³-hybridized carbons (Fsp3) is 0.429. The van der Waals surface area contributed by atoms with Crippen LogP contribution in [0.2, 0.25) is 0 Å². The summed E-state index contributed by atoms with van der Waals surface area (Å²) in [4.78, 5) is 0. The Labute approximate surface area is 201 Å². The summed E-state index contributed by atoms with van der Waals surface area (Å²) in [6, 6.07) is 16.2. The van der Waals surface area contributed by atoms with Crippen LogP contribution in [0.1, 0.15) is 38.2 Å². The molecule has 0 fully saturated rings. The van der Waals surface area contributed by atoms with E-state index in [-0.39, 0.29) is 6.10 Å². The number of benzene rings is 2. The number of fused-ring (bicyclic) bond motifs is 2. The van der Waals surface area contributed by atoms with Gasteiger partial charge in [0.1, 0.15) is 40.3 Å². The topological polar surface area (TPSA) is 68.8 Å². The van der Waals surface area contributed by atoms with Crippen molar-refractivity contribution < 1.29 is 18.3 Å². The van der Waals surface area contributed by atoms with E-state index in [1.54, 1.807) is 0 Å². The first-order chi connectivity index (χ1) is 16.6. The summed E-state index contributed by atoms with van der Waals surface area (Å²) in [6.07, 6.45) is 2.97. The molecule has 2 aromatic carbocycles. The van der Waals surface area contributed by atoms with Crippen LogP contribution >= 0.6 is 0 Å². The Bertz CT molecular complexity index is 1180. The summed E-state index contributed by atoms with van der Waals surface area (Å²) in [7, 11) is 0. The van der Waals surface area contributed by atoms with Gasteiger partial charge in [0.25, 0.3) is 0 Å². The highest BCUT2D eigenvalue weighted by molar-refractivity contribution is 5.80. The van der Waals surface area contributed by atoms with Crippen LogP contribution in [0.4, 0.5) is 0 Å². The Kier molecular flexibility index (Phi) is 8.50. The molecule has 6 heteroatoms. The fourth-order valence-corrected chi connectivity index (χ4v) is 4.05. The molecule has 6 nitrogen and oxygen atoms in total. The van der Waals surface area contributed by atoms with Crippen LogP contribution < -0.4 is 20.1 Å². The smallest absolute Gasteiger partial charge is 0.134 e. The van der Waals surface area contributed by atoms with E-state index in [1.165, 1.54) is 0 Å². The third-order valence-electron chi connectivity index (χ3n) is 5.71. The van der Waals surface area contributed by atoms with Crippen molar-refractivity contribution in [1.29, 1.82) is 0 Å². The molecule has 4 aromatic rings. The lowest BCUT2D eigenvalue weighted by molar-refractivity contribution is 0.217. The maximum atomic E-state index is 6.06. The second-order valence-electron chi connectivity index (χ2n) is 8.76. The lowest BCUT2D eigenvalue weighted by Gasteiger charge is -2.15. The third-order valence-corrected chi connectivity index (χ3v) is 5.71. The van der Waals surface area contributed by atoms with Crippen molar-refractivity contribution in [2.75, 3.05) is 32.8 Å². The number of ether oxygens (including phenoxy) is 2. The molecule has 1 atom stereocenters. The van der Waals surface area contributed by atoms with E-state index in [0.29, 0.717) is 6.61 Å². The van der Waals surface area contributed by atoms with Crippen LogP contribution in [-0.2, 0) is 6.42 Å². The molecule has 0 bridgehead atoms. The SMILES string of the molecule is CCNCCCOc1ccc2oc(CCCNCC(C)Oc3ccc4oc(C)cc4c3)cc2c1. The van der Waals surface area contributed by atoms with Crippen molar-refractivity contribution in [3.05, 3.63) is 60.1 Å². The van der Waals surface area contributed by atoms with E-state index in [2.05, 4.69) is 36.6 Å². The number of hydrogen-bond donors (Lipinski definition) is 2. The molecule has 0 radical (unpaired) electrons. The van der Waals surface area contributed by atoms with Crippen molar-refractivity contribution in [2.45, 2.75) is 46.1 Å². The highest BCUT2D eigenvalue weighted by atomic mass is 16.5. The van der Waals surface area contributed by atoms with Gasteiger partial charge in [-0.05, 0) is 94.9 Å². The van der Waals surface area contributed by atoms with Crippen LogP contribution in [0.15, 0.2) is 57.4 Å². The minimum Gasteiger partial charge on any atom is -0.494 e. The van der Waals surface area contributed by atoms with Gasteiger partial charge in [0.2, 0.25) is 0 Å². The highest BCUT2D eigenvalue weighted by Crippen LogP contribution is 2.26. The number of hydrogen-bond acceptors (Lipinski definition) is 6. The van der Waals surface area contributed by atoms with Gasteiger partial charge in [-0.15, -0.1) is 0 Å². The number of rotatable bonds is 14. The zero-order valence-electron chi connectivity index (χ0n) is 20.5. The summed E-state index contributed by atoms with van der Waals surface area (Å²) < 4.78 is 23.5. The summed E-state index contributed by atoms with van der Waals surface area (Å²) in [5.41, 5.74) is 1.81. The van der Waals surface area contributed by atoms with E-state index in [9.17, 15) is 0 Å². The quantitative estimate of drug-likeness (QED) is 0.228. The Morgan fingerprint density at radius 2 is 1.59 bits per heavy atom. The van der Waals surface area contributed by atoms with Crippen molar-refractivity contribution in [2.24, 2.45) is 0 Å². The van der Waals surface area contributed by atoms with Gasteiger partial charge in [-0.25, -0.2) is 0 Å². The maximum absolute atomic E-state index is 6.06. The number of furan rings is 2. The van der Waals surface area contributed by atoms with Gasteiger partial charge in [-0.2, -0.15) is 0 Å². The van der Waals surface area contributed by atoms with E-state index in [0.717, 1.165) is 90.4 Å². The van der Waals surface area contributed by atoms with Gasteiger partial charge >= 0.3 is 0 Å². The van der Waals surface area contributed by atoms with Crippen molar-refractivity contribution >= 4 is 21.9 Å². The van der Waals surface area contributed by atoms with E-state index >= 15 is 0 Å². The van der Waals surface area contributed by atoms with Crippen LogP contribution in [0.3, 0.4) is 0 Å². The molecule has 34 heavy (non-hydrogen) atoms. The second-order valence-corrected chi connectivity index (χ2v) is 8.76. The van der Waals surface area contributed by atoms with E-state index in [4.69, 9.17) is 18.3 Å². The van der Waals surface area contributed by atoms with Gasteiger partial charge in [0.05, 0.1) is 6.61 Å². The Morgan fingerprint density at radius 1 is 0.853 bits per heavy atom. The molecule has 182 valence electrons. The van der Waals surface area contributed by atoms with Gasteiger partial charge in [-0.1, -0.05) is 6.92 Å². The third kappa shape index (κ3) is 6.78. The predicted octanol–water partition coefficient (Wildman–Crippen LogP) is 5.86. The van der Waals surface area contributed by atoms with Crippen LogP contribution in [0.25, 0.3) is 21.9 Å². The molecule has 1 unspecified atom stereocenters. The van der Waals surface area contributed by atoms with Crippen molar-refractivity contribution in [3.8, 4) is 11.5 Å². The number of aryl methyl sites for hydroxylation is 2. The monoisotopic (exact) mass is 464 g/mol. The van der Waals surface area contributed by atoms with Gasteiger partial charge in [-0.3, -0.25) is 0 Å². The van der Waals surface area contributed by atoms with Crippen LogP contribution in [-0.4, -0.2) is 38.9 Å². The first kappa shape index (κ1) is 24.2. The average Bonchev–Trinajstić information content (AvgIpc) is 3.39. The molecule has 4 rings (SSSR count). The molecule has 0 aliphatic carbocycles. The Hall–Kier alpha value is -2.96. The Balaban J connectivity index is 1.16. The van der Waals surface area contributed by atoms with Gasteiger partial charge in [0.15, 0.2) is 0 Å². The molecule has 2 N–H and O–H groups in total. The van der Waals surface area contributed by atoms with Gasteiger partial charge < -0.3 is 28.9 Å². The Morgan fingerprint density at radius 3 is 2.44 bits per heavy atom. The lowest BCUT2D eigenvalue weighted by atomic mass is 10.2. The molecule has 0 aliphatic heterocycles. The second kappa shape index (κ2) is 12.0. The summed E-state index contributed by atoms with van der Waals surface area (Å²) in [5.74, 6) is 3.68. The normalized spacial score (nSPS) is 12.4. The number of nitrogens with one attached hydrogen (secondary N) is 2. The first-order valence-electron chi connectivity index (χ1n) is 12.3. The van der Waals surface area contributed by atoms with E-state index < -0.39 is 0 Å². The summed E-state index contributed by atoms with van der Waals surface area (Å²) in [5, 5.41) is 8.97. The molecule has 0 saturated carbocycles. The largest absolute Gasteiger partial charge is 0.494 e. The average molecular weight is 465 g/mol. The molecule has 0 amide bonds. The zero-order chi connectivity index (χ0) is 23.8. The predicted molar refractivity (Wildman–Crippen MR) is 137 cm³/mol. The standard InChI is InChI=1S/C28H36N2O4/c1-4-29-13-6-14-31-24-8-10-28-23(16-24)18-25(34-28)7-5-12-30-19-21(3)32-26-9-11-27-22(17-26)15-20(2)33-27/h8-11,15-18,21,29-30H,4-7,12-14,19H2,1-3H3. The summed E-state index contributed by atoms with van der Waals surface area (Å²) in [6.45, 7) is 10.5. The van der Waals surface area contributed by atoms with Crippen LogP contribution in [0, 0.1) is 6.92 Å². The minimum atomic E-state index is 0.0767. The van der Waals surface area contributed by atoms with E-state index in [1.807, 2.05) is 43.3 Å². The molecule has 0 saturated heterocycles. The molecular weight excluding hydrogens is 428 g/mol. The molecule has 0 spiro atoms. The highest BCUT2D eigenvalue weighted by Gasteiger charge is 2.08. The molecular formula is C28H36N2O4. The minimum absolute atomic E-state index is 0.0767. The van der Waals surface area contributed by atoms with Gasteiger partial charge in [0, 0.05) is 23.7 Å². The van der Waals surface area contributed by atoms with Crippen molar-refractivity contribution in [3.63, 3.8) is 0 Å². The molecule has 2 heterocycles. The molecule has 0 aliphatic rings.